The van der Waals surface area contributed by atoms with Crippen LogP contribution in [-0.4, -0.2) is 27.1 Å². The highest BCUT2D eigenvalue weighted by Gasteiger charge is 2.42. The number of nitrogens with zero attached hydrogens (tertiary/aromatic N) is 3. The van der Waals surface area contributed by atoms with Gasteiger partial charge in [0.15, 0.2) is 5.69 Å². The highest BCUT2D eigenvalue weighted by atomic mass is 19.4. The molecule has 0 radical (unpaired) electrons. The number of hydrogen-bond acceptors (Lipinski definition) is 5. The summed E-state index contributed by atoms with van der Waals surface area (Å²) in [5, 5.41) is 0. The van der Waals surface area contributed by atoms with Gasteiger partial charge in [0.05, 0.1) is 19.1 Å². The van der Waals surface area contributed by atoms with Gasteiger partial charge in [0.1, 0.15) is 5.69 Å². The molecule has 6 nitrogen and oxygen atoms in total. The Kier molecular flexibility index (Phi) is 3.51. The van der Waals surface area contributed by atoms with Crippen LogP contribution in [0.1, 0.15) is 23.2 Å². The van der Waals surface area contributed by atoms with Gasteiger partial charge in [-0.1, -0.05) is 0 Å². The van der Waals surface area contributed by atoms with Crippen molar-refractivity contribution >= 4 is 5.97 Å². The molecule has 2 heterocycles. The molecule has 0 aliphatic carbocycles. The van der Waals surface area contributed by atoms with Gasteiger partial charge in [-0.3, -0.25) is 0 Å². The predicted octanol–water partition coefficient (Wildman–Crippen LogP) is 2.27. The Morgan fingerprint density at radius 3 is 2.70 bits per heavy atom. The molecule has 2 aromatic rings. The van der Waals surface area contributed by atoms with Gasteiger partial charge >= 0.3 is 12.1 Å². The van der Waals surface area contributed by atoms with Crippen molar-refractivity contribution in [1.82, 2.24) is 14.5 Å². The number of imidazole rings is 1. The second-order valence-corrected chi connectivity index (χ2v) is 3.80. The molecular weight excluding hydrogens is 279 g/mol. The number of carbonyl (C=O) groups is 1. The molecule has 0 bridgehead atoms. The SMILES string of the molecule is CCOC(=O)c1oc(-c2cncn2C)nc1C(F)(F)F. The average molecular weight is 289 g/mol. The van der Waals surface area contributed by atoms with E-state index in [1.54, 1.807) is 7.05 Å². The summed E-state index contributed by atoms with van der Waals surface area (Å²) in [4.78, 5) is 18.6. The third-order valence-corrected chi connectivity index (χ3v) is 2.39. The van der Waals surface area contributed by atoms with Crippen LogP contribution in [0.15, 0.2) is 16.9 Å². The molecule has 2 aromatic heterocycles. The van der Waals surface area contributed by atoms with Crippen molar-refractivity contribution in [2.45, 2.75) is 13.1 Å². The third kappa shape index (κ3) is 2.51. The summed E-state index contributed by atoms with van der Waals surface area (Å²) < 4.78 is 49.4. The number of carbonyl (C=O) groups excluding carboxylic acids is 1. The molecule has 108 valence electrons. The number of aromatic nitrogens is 3. The molecule has 0 aromatic carbocycles. The molecule has 20 heavy (non-hydrogen) atoms. The van der Waals surface area contributed by atoms with Crippen LogP contribution in [0.2, 0.25) is 0 Å². The van der Waals surface area contributed by atoms with Crippen LogP contribution < -0.4 is 0 Å². The Bertz CT molecular complexity index is 630. The first-order valence-electron chi connectivity index (χ1n) is 5.56. The molecule has 0 fully saturated rings. The van der Waals surface area contributed by atoms with Crippen molar-refractivity contribution in [2.75, 3.05) is 6.61 Å². The summed E-state index contributed by atoms with van der Waals surface area (Å²) in [6, 6.07) is 0. The van der Waals surface area contributed by atoms with Gasteiger partial charge in [0.25, 0.3) is 0 Å². The quantitative estimate of drug-likeness (QED) is 0.811. The fraction of sp³-hybridized carbons (Fsp3) is 0.364. The van der Waals surface area contributed by atoms with Crippen LogP contribution in [-0.2, 0) is 18.0 Å². The van der Waals surface area contributed by atoms with E-state index < -0.39 is 23.6 Å². The maximum Gasteiger partial charge on any atom is 0.437 e. The molecule has 0 aliphatic heterocycles. The topological polar surface area (TPSA) is 70.2 Å². The Hall–Kier alpha value is -2.32. The number of esters is 1. The Morgan fingerprint density at radius 1 is 1.50 bits per heavy atom. The van der Waals surface area contributed by atoms with E-state index in [-0.39, 0.29) is 18.2 Å². The first kappa shape index (κ1) is 14.1. The summed E-state index contributed by atoms with van der Waals surface area (Å²) in [5.74, 6) is -2.52. The van der Waals surface area contributed by atoms with E-state index in [4.69, 9.17) is 4.42 Å². The number of alkyl halides is 3. The molecule has 0 unspecified atom stereocenters. The number of ether oxygens (including phenoxy) is 1. The molecule has 0 aliphatic rings. The Morgan fingerprint density at radius 2 is 2.20 bits per heavy atom. The fourth-order valence-corrected chi connectivity index (χ4v) is 1.52. The minimum absolute atomic E-state index is 0.0716. The third-order valence-electron chi connectivity index (χ3n) is 2.39. The van der Waals surface area contributed by atoms with Crippen LogP contribution in [0.5, 0.6) is 0 Å². The summed E-state index contributed by atoms with van der Waals surface area (Å²) in [6.45, 7) is 1.40. The van der Waals surface area contributed by atoms with Crippen LogP contribution >= 0.6 is 0 Å². The Balaban J connectivity index is 2.53. The lowest BCUT2D eigenvalue weighted by molar-refractivity contribution is -0.141. The van der Waals surface area contributed by atoms with Gasteiger partial charge in [-0.15, -0.1) is 0 Å². The standard InChI is InChI=1S/C11H10F3N3O3/c1-3-19-10(18)7-8(11(12,13)14)16-9(20-7)6-4-15-5-17(6)2/h4-5H,3H2,1-2H3. The van der Waals surface area contributed by atoms with Crippen LogP contribution in [0.25, 0.3) is 11.6 Å². The smallest absolute Gasteiger partial charge is 0.437 e. The molecule has 0 atom stereocenters. The van der Waals surface area contributed by atoms with E-state index in [9.17, 15) is 18.0 Å². The normalized spacial score (nSPS) is 11.7. The molecule has 0 saturated heterocycles. The van der Waals surface area contributed by atoms with Crippen molar-refractivity contribution in [1.29, 1.82) is 0 Å². The van der Waals surface area contributed by atoms with Gasteiger partial charge in [0, 0.05) is 7.05 Å². The van der Waals surface area contributed by atoms with Gasteiger partial charge in [-0.2, -0.15) is 13.2 Å². The fourth-order valence-electron chi connectivity index (χ4n) is 1.52. The van der Waals surface area contributed by atoms with Crippen LogP contribution in [0.4, 0.5) is 13.2 Å². The van der Waals surface area contributed by atoms with Crippen molar-refractivity contribution in [3.05, 3.63) is 24.0 Å². The van der Waals surface area contributed by atoms with Crippen molar-refractivity contribution in [3.8, 4) is 11.6 Å². The van der Waals surface area contributed by atoms with E-state index in [1.165, 1.54) is 24.0 Å². The predicted molar refractivity (Wildman–Crippen MR) is 59.7 cm³/mol. The molecule has 9 heteroatoms. The van der Waals surface area contributed by atoms with Gasteiger partial charge in [-0.25, -0.2) is 14.8 Å². The monoisotopic (exact) mass is 289 g/mol. The van der Waals surface area contributed by atoms with E-state index in [0.717, 1.165) is 0 Å². The Labute approximate surface area is 111 Å². The second kappa shape index (κ2) is 4.99. The van der Waals surface area contributed by atoms with E-state index in [1.807, 2.05) is 0 Å². The average Bonchev–Trinajstić information content (AvgIpc) is 2.94. The lowest BCUT2D eigenvalue weighted by Crippen LogP contribution is -2.14. The van der Waals surface area contributed by atoms with Gasteiger partial charge < -0.3 is 13.7 Å². The molecule has 0 N–H and O–H groups in total. The number of rotatable bonds is 3. The van der Waals surface area contributed by atoms with Crippen molar-refractivity contribution < 1.29 is 27.1 Å². The van der Waals surface area contributed by atoms with E-state index in [0.29, 0.717) is 0 Å². The zero-order valence-corrected chi connectivity index (χ0v) is 10.6. The molecule has 2 rings (SSSR count). The maximum absolute atomic E-state index is 12.9. The molecular formula is C11H10F3N3O3. The molecule has 0 spiro atoms. The van der Waals surface area contributed by atoms with E-state index >= 15 is 0 Å². The van der Waals surface area contributed by atoms with Gasteiger partial charge in [0.2, 0.25) is 11.7 Å². The number of hydrogen-bond donors (Lipinski definition) is 0. The maximum atomic E-state index is 12.9. The van der Waals surface area contributed by atoms with Crippen LogP contribution in [0.3, 0.4) is 0 Å². The van der Waals surface area contributed by atoms with Crippen molar-refractivity contribution in [3.63, 3.8) is 0 Å². The van der Waals surface area contributed by atoms with Crippen molar-refractivity contribution in [2.24, 2.45) is 7.05 Å². The number of aryl methyl sites for hydroxylation is 1. The number of halogens is 3. The lowest BCUT2D eigenvalue weighted by atomic mass is 10.3. The summed E-state index contributed by atoms with van der Waals surface area (Å²) in [5.41, 5.74) is -1.20. The molecule has 0 amide bonds. The largest absolute Gasteiger partial charge is 0.460 e. The first-order valence-corrected chi connectivity index (χ1v) is 5.56. The van der Waals surface area contributed by atoms with Crippen LogP contribution in [0, 0.1) is 0 Å². The molecule has 0 saturated carbocycles. The zero-order chi connectivity index (χ0) is 14.9. The first-order chi connectivity index (χ1) is 9.34. The second-order valence-electron chi connectivity index (χ2n) is 3.80. The summed E-state index contributed by atoms with van der Waals surface area (Å²) in [7, 11) is 1.56. The number of oxazole rings is 1. The van der Waals surface area contributed by atoms with E-state index in [2.05, 4.69) is 14.7 Å². The lowest BCUT2D eigenvalue weighted by Gasteiger charge is -2.03. The summed E-state index contributed by atoms with van der Waals surface area (Å²) in [6.07, 6.45) is -2.17. The minimum atomic E-state index is -4.82. The summed E-state index contributed by atoms with van der Waals surface area (Å²) >= 11 is 0. The minimum Gasteiger partial charge on any atom is -0.460 e. The van der Waals surface area contributed by atoms with Gasteiger partial charge in [-0.05, 0) is 6.92 Å². The highest BCUT2D eigenvalue weighted by Crippen LogP contribution is 2.34. The zero-order valence-electron chi connectivity index (χ0n) is 10.6. The highest BCUT2D eigenvalue weighted by molar-refractivity contribution is 5.88.